The van der Waals surface area contributed by atoms with Crippen molar-refractivity contribution in [1.82, 2.24) is 9.97 Å². The molecular weight excluding hydrogens is 480 g/mol. The molecule has 4 N–H and O–H groups in total. The number of carbonyl (C=O) groups is 2. The van der Waals surface area contributed by atoms with Crippen LogP contribution in [0.15, 0.2) is 95.2 Å². The van der Waals surface area contributed by atoms with Crippen LogP contribution in [-0.2, 0) is 22.4 Å². The number of aromatic nitrogens is 2. The van der Waals surface area contributed by atoms with Crippen molar-refractivity contribution in [3.8, 4) is 0 Å². The fourth-order valence-electron chi connectivity index (χ4n) is 4.51. The average molecular weight is 507 g/mol. The van der Waals surface area contributed by atoms with Crippen LogP contribution in [0.25, 0.3) is 21.8 Å². The molecule has 0 bridgehead atoms. The fourth-order valence-corrected chi connectivity index (χ4v) is 4.51. The van der Waals surface area contributed by atoms with Crippen molar-refractivity contribution in [2.75, 3.05) is 0 Å². The van der Waals surface area contributed by atoms with Crippen LogP contribution in [0.3, 0.4) is 0 Å². The van der Waals surface area contributed by atoms with E-state index in [-0.39, 0.29) is 12.8 Å². The first-order valence-electron chi connectivity index (χ1n) is 12.2. The molecule has 0 saturated carbocycles. The Hall–Kier alpha value is -4.98. The monoisotopic (exact) mass is 506 g/mol. The SMILES string of the molecule is O=C(O)[C@H](Cc1c[nH]c2ccccc12)N=Cc1ccccc1C=N[C@@H](Cc1c[nH]c2ccccc12)C(=O)O. The highest BCUT2D eigenvalue weighted by Crippen LogP contribution is 2.21. The smallest absolute Gasteiger partial charge is 0.328 e. The largest absolute Gasteiger partial charge is 0.480 e. The van der Waals surface area contributed by atoms with Gasteiger partial charge in [-0.1, -0.05) is 60.7 Å². The van der Waals surface area contributed by atoms with E-state index in [0.29, 0.717) is 11.1 Å². The molecule has 8 nitrogen and oxygen atoms in total. The van der Waals surface area contributed by atoms with Crippen LogP contribution >= 0.6 is 0 Å². The molecule has 190 valence electrons. The molecule has 0 aliphatic carbocycles. The maximum Gasteiger partial charge on any atom is 0.328 e. The van der Waals surface area contributed by atoms with Crippen LogP contribution in [0.5, 0.6) is 0 Å². The summed E-state index contributed by atoms with van der Waals surface area (Å²) in [5.74, 6) is -2.05. The zero-order valence-electron chi connectivity index (χ0n) is 20.4. The summed E-state index contributed by atoms with van der Waals surface area (Å²) in [5, 5.41) is 21.6. The van der Waals surface area contributed by atoms with Gasteiger partial charge < -0.3 is 20.2 Å². The van der Waals surface area contributed by atoms with Gasteiger partial charge in [-0.3, -0.25) is 9.98 Å². The number of carboxylic acids is 2. The van der Waals surface area contributed by atoms with Gasteiger partial charge in [-0.25, -0.2) is 9.59 Å². The molecule has 8 heteroatoms. The van der Waals surface area contributed by atoms with E-state index in [1.54, 1.807) is 12.1 Å². The van der Waals surface area contributed by atoms with E-state index < -0.39 is 24.0 Å². The van der Waals surface area contributed by atoms with Crippen LogP contribution in [0.4, 0.5) is 0 Å². The minimum atomic E-state index is -1.03. The number of fused-ring (bicyclic) bond motifs is 2. The number of nitrogens with one attached hydrogen (secondary N) is 2. The summed E-state index contributed by atoms with van der Waals surface area (Å²) in [6, 6.07) is 20.7. The lowest BCUT2D eigenvalue weighted by molar-refractivity contribution is -0.139. The van der Waals surface area contributed by atoms with Crippen molar-refractivity contribution in [3.05, 3.63) is 107 Å². The van der Waals surface area contributed by atoms with Crippen LogP contribution in [0.2, 0.25) is 0 Å². The third kappa shape index (κ3) is 5.39. The Bertz CT molecular complexity index is 1540. The normalized spacial score (nSPS) is 13.5. The molecule has 0 amide bonds. The van der Waals surface area contributed by atoms with Gasteiger partial charge in [0.2, 0.25) is 0 Å². The highest BCUT2D eigenvalue weighted by molar-refractivity contribution is 5.96. The van der Waals surface area contributed by atoms with Gasteiger partial charge in [0.15, 0.2) is 12.1 Å². The van der Waals surface area contributed by atoms with E-state index in [4.69, 9.17) is 0 Å². The molecule has 2 heterocycles. The maximum absolute atomic E-state index is 12.0. The van der Waals surface area contributed by atoms with Crippen molar-refractivity contribution >= 4 is 46.2 Å². The third-order valence-corrected chi connectivity index (χ3v) is 6.53. The summed E-state index contributed by atoms with van der Waals surface area (Å²) in [6.45, 7) is 0. The number of aromatic amines is 2. The Labute approximate surface area is 218 Å². The molecular formula is C30H26N4O4. The number of para-hydroxylation sites is 2. The second-order valence-corrected chi connectivity index (χ2v) is 9.02. The highest BCUT2D eigenvalue weighted by atomic mass is 16.4. The summed E-state index contributed by atoms with van der Waals surface area (Å²) >= 11 is 0. The van der Waals surface area contributed by atoms with Crippen LogP contribution in [-0.4, -0.2) is 56.6 Å². The second-order valence-electron chi connectivity index (χ2n) is 9.02. The van der Waals surface area contributed by atoms with Crippen molar-refractivity contribution in [2.45, 2.75) is 24.9 Å². The third-order valence-electron chi connectivity index (χ3n) is 6.53. The molecule has 0 radical (unpaired) electrons. The van der Waals surface area contributed by atoms with Gasteiger partial charge in [-0.05, 0) is 23.3 Å². The lowest BCUT2D eigenvalue weighted by Crippen LogP contribution is -2.21. The van der Waals surface area contributed by atoms with Crippen LogP contribution in [0.1, 0.15) is 22.3 Å². The standard InChI is InChI=1S/C30H26N4O4/c35-29(36)27(13-21-17-31-25-11-5-3-9-23(21)25)33-15-19-7-1-2-8-20(19)16-34-28(30(37)38)14-22-18-32-26-12-6-4-10-24(22)26/h1-12,15-18,27-28,31-32H,13-14H2,(H,35,36)(H,37,38)/t27-,28-/m0/s1. The first kappa shape index (κ1) is 24.7. The maximum atomic E-state index is 12.0. The van der Waals surface area contributed by atoms with Crippen LogP contribution in [0, 0.1) is 0 Å². The fraction of sp³-hybridized carbons (Fsp3) is 0.133. The minimum absolute atomic E-state index is 0.234. The molecule has 3 aromatic carbocycles. The minimum Gasteiger partial charge on any atom is -0.480 e. The Morgan fingerprint density at radius 2 is 1.05 bits per heavy atom. The van der Waals surface area contributed by atoms with Crippen LogP contribution < -0.4 is 0 Å². The molecule has 0 fully saturated rings. The summed E-state index contributed by atoms with van der Waals surface area (Å²) in [4.78, 5) is 39.0. The molecule has 0 saturated heterocycles. The van der Waals surface area contributed by atoms with E-state index in [2.05, 4.69) is 20.0 Å². The average Bonchev–Trinajstić information content (AvgIpc) is 3.53. The summed E-state index contributed by atoms with van der Waals surface area (Å²) in [6.07, 6.45) is 7.14. The lowest BCUT2D eigenvalue weighted by Gasteiger charge is -2.09. The van der Waals surface area contributed by atoms with Crippen molar-refractivity contribution in [1.29, 1.82) is 0 Å². The first-order valence-corrected chi connectivity index (χ1v) is 12.2. The molecule has 5 rings (SSSR count). The van der Waals surface area contributed by atoms with Gasteiger partial charge in [0.25, 0.3) is 0 Å². The van der Waals surface area contributed by atoms with Crippen molar-refractivity contribution < 1.29 is 19.8 Å². The number of hydrogen-bond donors (Lipinski definition) is 4. The number of nitrogens with zero attached hydrogens (tertiary/aromatic N) is 2. The molecule has 0 spiro atoms. The van der Waals surface area contributed by atoms with Gasteiger partial charge in [0, 0.05) is 70.6 Å². The van der Waals surface area contributed by atoms with E-state index in [1.807, 2.05) is 73.1 Å². The molecule has 2 aromatic heterocycles. The quantitative estimate of drug-likeness (QED) is 0.201. The van der Waals surface area contributed by atoms with Gasteiger partial charge in [-0.2, -0.15) is 0 Å². The predicted octanol–water partition coefficient (Wildman–Crippen LogP) is 4.88. The number of carboxylic acid groups (broad SMARTS) is 2. The van der Waals surface area contributed by atoms with E-state index in [9.17, 15) is 19.8 Å². The number of rotatable bonds is 10. The topological polar surface area (TPSA) is 131 Å². The van der Waals surface area contributed by atoms with E-state index >= 15 is 0 Å². The molecule has 38 heavy (non-hydrogen) atoms. The molecule has 5 aromatic rings. The van der Waals surface area contributed by atoms with Crippen molar-refractivity contribution in [3.63, 3.8) is 0 Å². The summed E-state index contributed by atoms with van der Waals surface area (Å²) in [7, 11) is 0. The zero-order valence-corrected chi connectivity index (χ0v) is 20.4. The zero-order chi connectivity index (χ0) is 26.5. The predicted molar refractivity (Wildman–Crippen MR) is 148 cm³/mol. The lowest BCUT2D eigenvalue weighted by atomic mass is 10.0. The Balaban J connectivity index is 1.36. The Kier molecular flexibility index (Phi) is 7.13. The van der Waals surface area contributed by atoms with E-state index in [1.165, 1.54) is 12.4 Å². The first-order chi connectivity index (χ1) is 18.5. The number of aliphatic carboxylic acids is 2. The number of hydrogen-bond acceptors (Lipinski definition) is 4. The number of H-pyrrole nitrogens is 2. The Morgan fingerprint density at radius 3 is 1.47 bits per heavy atom. The summed E-state index contributed by atoms with van der Waals surface area (Å²) in [5.41, 5.74) is 4.94. The summed E-state index contributed by atoms with van der Waals surface area (Å²) < 4.78 is 0. The van der Waals surface area contributed by atoms with Gasteiger partial charge in [0.1, 0.15) is 0 Å². The molecule has 0 unspecified atom stereocenters. The number of aliphatic imine (C=N–C) groups is 2. The molecule has 0 aliphatic rings. The van der Waals surface area contributed by atoms with Crippen molar-refractivity contribution in [2.24, 2.45) is 9.98 Å². The van der Waals surface area contributed by atoms with Gasteiger partial charge in [0.05, 0.1) is 0 Å². The second kappa shape index (κ2) is 11.0. The Morgan fingerprint density at radius 1 is 0.658 bits per heavy atom. The van der Waals surface area contributed by atoms with E-state index in [0.717, 1.165) is 32.9 Å². The molecule has 0 aliphatic heterocycles. The van der Waals surface area contributed by atoms with Gasteiger partial charge in [-0.15, -0.1) is 0 Å². The molecule has 2 atom stereocenters. The van der Waals surface area contributed by atoms with Gasteiger partial charge >= 0.3 is 11.9 Å². The highest BCUT2D eigenvalue weighted by Gasteiger charge is 2.20. The number of benzene rings is 3.